The van der Waals surface area contributed by atoms with E-state index < -0.39 is 5.76 Å². The number of para-hydroxylation sites is 1. The van der Waals surface area contributed by atoms with E-state index in [-0.39, 0.29) is 0 Å². The van der Waals surface area contributed by atoms with Crippen LogP contribution in [0.25, 0.3) is 0 Å². The monoisotopic (exact) mass is 262 g/mol. The van der Waals surface area contributed by atoms with Gasteiger partial charge in [-0.3, -0.25) is 0 Å². The Morgan fingerprint density at radius 1 is 1.44 bits per heavy atom. The maximum atomic E-state index is 12.3. The summed E-state index contributed by atoms with van der Waals surface area (Å²) < 4.78 is 24.5. The van der Waals surface area contributed by atoms with Crippen molar-refractivity contribution in [1.29, 1.82) is 0 Å². The molecule has 0 saturated carbocycles. The van der Waals surface area contributed by atoms with E-state index in [2.05, 4.69) is 10.6 Å². The van der Waals surface area contributed by atoms with E-state index in [0.717, 1.165) is 0 Å². The van der Waals surface area contributed by atoms with Gasteiger partial charge in [0.05, 0.1) is 5.69 Å². The van der Waals surface area contributed by atoms with Crippen LogP contribution >= 0.6 is 24.0 Å². The van der Waals surface area contributed by atoms with E-state index in [1.165, 1.54) is 0 Å². The highest BCUT2D eigenvalue weighted by Gasteiger charge is 2.09. The zero-order valence-corrected chi connectivity index (χ0v) is 10.3. The van der Waals surface area contributed by atoms with Gasteiger partial charge < -0.3 is 10.6 Å². The lowest BCUT2D eigenvalue weighted by molar-refractivity contribution is 0.252. The van der Waals surface area contributed by atoms with Crippen molar-refractivity contribution in [2.75, 3.05) is 11.9 Å². The Morgan fingerprint density at radius 3 is 2.75 bits per heavy atom. The van der Waals surface area contributed by atoms with Crippen LogP contribution in [0.5, 0.6) is 0 Å². The summed E-state index contributed by atoms with van der Waals surface area (Å²) >= 11 is 5.49. The highest BCUT2D eigenvalue weighted by Crippen LogP contribution is 2.31. The molecule has 0 unspecified atom stereocenters. The third kappa shape index (κ3) is 4.32. The van der Waals surface area contributed by atoms with E-state index in [4.69, 9.17) is 12.2 Å². The normalized spacial score (nSPS) is 10.2. The van der Waals surface area contributed by atoms with Crippen LogP contribution in [0, 0.1) is 0 Å². The fourth-order valence-electron chi connectivity index (χ4n) is 1.10. The van der Waals surface area contributed by atoms with Crippen molar-refractivity contribution in [2.45, 2.75) is 17.6 Å². The first kappa shape index (κ1) is 13.2. The number of hydrogen-bond donors (Lipinski definition) is 2. The highest BCUT2D eigenvalue weighted by molar-refractivity contribution is 7.99. The molecule has 0 heterocycles. The minimum Gasteiger partial charge on any atom is -0.363 e. The van der Waals surface area contributed by atoms with Gasteiger partial charge in [0.1, 0.15) is 0 Å². The zero-order valence-electron chi connectivity index (χ0n) is 8.67. The van der Waals surface area contributed by atoms with E-state index in [0.29, 0.717) is 34.0 Å². The molecule has 0 bridgehead atoms. The van der Waals surface area contributed by atoms with Crippen LogP contribution in [0.15, 0.2) is 29.2 Å². The summed E-state index contributed by atoms with van der Waals surface area (Å²) in [6.07, 6.45) is 0. The number of halogens is 2. The number of nitrogens with one attached hydrogen (secondary N) is 2. The van der Waals surface area contributed by atoms with Crippen molar-refractivity contribution >= 4 is 34.8 Å². The predicted octanol–water partition coefficient (Wildman–Crippen LogP) is 3.31. The minimum atomic E-state index is -2.43. The summed E-state index contributed by atoms with van der Waals surface area (Å²) in [5, 5.41) is 6.22. The number of hydrogen-bond acceptors (Lipinski definition) is 2. The minimum absolute atomic E-state index is 0.435. The summed E-state index contributed by atoms with van der Waals surface area (Å²) in [4.78, 5) is 0.484. The predicted molar refractivity (Wildman–Crippen MR) is 68.2 cm³/mol. The third-order valence-corrected chi connectivity index (χ3v) is 2.72. The molecule has 6 heteroatoms. The summed E-state index contributed by atoms with van der Waals surface area (Å²) in [7, 11) is 0. The number of alkyl halides is 2. The molecule has 0 aromatic heterocycles. The van der Waals surface area contributed by atoms with Crippen molar-refractivity contribution < 1.29 is 8.78 Å². The molecule has 0 atom stereocenters. The van der Waals surface area contributed by atoms with Crippen LogP contribution in [0.2, 0.25) is 0 Å². The van der Waals surface area contributed by atoms with Crippen molar-refractivity contribution in [3.05, 3.63) is 24.3 Å². The molecule has 0 aliphatic rings. The Morgan fingerprint density at radius 2 is 2.12 bits per heavy atom. The van der Waals surface area contributed by atoms with Crippen molar-refractivity contribution in [3.8, 4) is 0 Å². The van der Waals surface area contributed by atoms with Crippen LogP contribution in [0.4, 0.5) is 14.5 Å². The van der Waals surface area contributed by atoms with Crippen LogP contribution < -0.4 is 10.6 Å². The summed E-state index contributed by atoms with van der Waals surface area (Å²) in [6, 6.07) is 6.83. The molecule has 1 aromatic carbocycles. The van der Waals surface area contributed by atoms with Gasteiger partial charge in [-0.05, 0) is 31.3 Å². The third-order valence-electron chi connectivity index (χ3n) is 1.69. The van der Waals surface area contributed by atoms with Crippen LogP contribution in [-0.2, 0) is 0 Å². The molecular formula is C10H12F2N2S2. The van der Waals surface area contributed by atoms with Crippen molar-refractivity contribution in [1.82, 2.24) is 5.32 Å². The molecule has 1 rings (SSSR count). The Hall–Kier alpha value is -0.880. The number of thioether (sulfide) groups is 1. The molecule has 16 heavy (non-hydrogen) atoms. The molecule has 0 radical (unpaired) electrons. The zero-order chi connectivity index (χ0) is 12.0. The first-order valence-electron chi connectivity index (χ1n) is 4.72. The standard InChI is InChI=1S/C10H12F2N2S2/c1-2-13-10(15)14-7-5-3-4-6-8(7)16-9(11)12/h3-6,9H,2H2,1H3,(H2,13,14,15). The lowest BCUT2D eigenvalue weighted by Gasteiger charge is -2.12. The molecule has 2 N–H and O–H groups in total. The number of benzene rings is 1. The Bertz CT molecular complexity index is 358. The fourth-order valence-corrected chi connectivity index (χ4v) is 1.95. The van der Waals surface area contributed by atoms with Gasteiger partial charge in [0.25, 0.3) is 5.76 Å². The smallest absolute Gasteiger partial charge is 0.288 e. The van der Waals surface area contributed by atoms with Crippen molar-refractivity contribution in [3.63, 3.8) is 0 Å². The van der Waals surface area contributed by atoms with Gasteiger partial charge >= 0.3 is 0 Å². The first-order valence-corrected chi connectivity index (χ1v) is 6.01. The van der Waals surface area contributed by atoms with Crippen LogP contribution in [0.3, 0.4) is 0 Å². The molecule has 0 aliphatic carbocycles. The molecule has 0 fully saturated rings. The topological polar surface area (TPSA) is 24.1 Å². The quantitative estimate of drug-likeness (QED) is 0.642. The Balaban J connectivity index is 2.74. The molecule has 1 aromatic rings. The lowest BCUT2D eigenvalue weighted by Crippen LogP contribution is -2.28. The Kier molecular flexibility index (Phi) is 5.48. The Labute approximate surface area is 103 Å². The molecular weight excluding hydrogens is 250 g/mol. The second-order valence-electron chi connectivity index (χ2n) is 2.86. The molecule has 88 valence electrons. The molecule has 2 nitrogen and oxygen atoms in total. The van der Waals surface area contributed by atoms with E-state index in [1.54, 1.807) is 24.3 Å². The average molecular weight is 262 g/mol. The fraction of sp³-hybridized carbons (Fsp3) is 0.300. The summed E-state index contributed by atoms with van der Waals surface area (Å²) in [6.45, 7) is 2.60. The maximum Gasteiger partial charge on any atom is 0.288 e. The SMILES string of the molecule is CCNC(=S)Nc1ccccc1SC(F)F. The molecule has 0 saturated heterocycles. The highest BCUT2D eigenvalue weighted by atomic mass is 32.2. The van der Waals surface area contributed by atoms with Gasteiger partial charge in [-0.2, -0.15) is 8.78 Å². The van der Waals surface area contributed by atoms with Gasteiger partial charge in [-0.25, -0.2) is 0 Å². The number of rotatable bonds is 4. The second kappa shape index (κ2) is 6.65. The maximum absolute atomic E-state index is 12.3. The van der Waals surface area contributed by atoms with E-state index in [9.17, 15) is 8.78 Å². The summed E-state index contributed by atoms with van der Waals surface area (Å²) in [5.74, 6) is -2.43. The second-order valence-corrected chi connectivity index (χ2v) is 4.30. The molecule has 0 amide bonds. The van der Waals surface area contributed by atoms with Gasteiger partial charge in [0, 0.05) is 11.4 Å². The molecule has 0 spiro atoms. The van der Waals surface area contributed by atoms with E-state index >= 15 is 0 Å². The largest absolute Gasteiger partial charge is 0.363 e. The number of anilines is 1. The van der Waals surface area contributed by atoms with Gasteiger partial charge in [0.15, 0.2) is 5.11 Å². The number of thiocarbonyl (C=S) groups is 1. The van der Waals surface area contributed by atoms with Crippen LogP contribution in [-0.4, -0.2) is 17.4 Å². The summed E-state index contributed by atoms with van der Waals surface area (Å²) in [5.41, 5.74) is 0.596. The average Bonchev–Trinajstić information content (AvgIpc) is 2.20. The van der Waals surface area contributed by atoms with Gasteiger partial charge in [0.2, 0.25) is 0 Å². The van der Waals surface area contributed by atoms with Crippen LogP contribution in [0.1, 0.15) is 6.92 Å². The first-order chi connectivity index (χ1) is 7.63. The van der Waals surface area contributed by atoms with Gasteiger partial charge in [-0.15, -0.1) is 0 Å². The lowest BCUT2D eigenvalue weighted by atomic mass is 10.3. The molecule has 0 aliphatic heterocycles. The van der Waals surface area contributed by atoms with Gasteiger partial charge in [-0.1, -0.05) is 23.9 Å². The van der Waals surface area contributed by atoms with Crippen molar-refractivity contribution in [2.24, 2.45) is 0 Å². The van der Waals surface area contributed by atoms with E-state index in [1.807, 2.05) is 6.92 Å².